The highest BCUT2D eigenvalue weighted by atomic mass is 32.2. The van der Waals surface area contributed by atoms with Crippen molar-refractivity contribution in [3.63, 3.8) is 0 Å². The molecular formula is C19H24F3N3O3S2. The number of alkyl halides is 3. The van der Waals surface area contributed by atoms with E-state index in [0.29, 0.717) is 39.8 Å². The van der Waals surface area contributed by atoms with Gasteiger partial charge in [0, 0.05) is 18.5 Å². The summed E-state index contributed by atoms with van der Waals surface area (Å²) in [5.41, 5.74) is 0.779. The van der Waals surface area contributed by atoms with Crippen molar-refractivity contribution in [3.05, 3.63) is 20.8 Å². The maximum absolute atomic E-state index is 13.3. The smallest absolute Gasteiger partial charge is 0.376 e. The Hall–Kier alpha value is -1.59. The molecule has 11 heteroatoms. The molecule has 1 amide bonds. The highest BCUT2D eigenvalue weighted by Crippen LogP contribution is 2.30. The fourth-order valence-electron chi connectivity index (χ4n) is 3.51. The fourth-order valence-corrected chi connectivity index (χ4v) is 5.62. The summed E-state index contributed by atoms with van der Waals surface area (Å²) in [4.78, 5) is 32.3. The Balaban J connectivity index is 1.91. The molecule has 30 heavy (non-hydrogen) atoms. The molecule has 1 saturated heterocycles. The Morgan fingerprint density at radius 1 is 1.43 bits per heavy atom. The number of carbonyl (C=O) groups is 1. The number of fused-ring (bicyclic) bond motifs is 1. The molecule has 1 aliphatic heterocycles. The van der Waals surface area contributed by atoms with E-state index in [0.717, 1.165) is 42.1 Å². The van der Waals surface area contributed by atoms with E-state index in [2.05, 4.69) is 4.98 Å². The molecule has 3 rings (SSSR count). The maximum Gasteiger partial charge on any atom is 0.406 e. The van der Waals surface area contributed by atoms with Gasteiger partial charge in [-0.25, -0.2) is 4.98 Å². The second-order valence-corrected chi connectivity index (χ2v) is 9.42. The first kappa shape index (κ1) is 23.1. The van der Waals surface area contributed by atoms with Crippen LogP contribution < -0.4 is 5.56 Å². The van der Waals surface area contributed by atoms with Gasteiger partial charge in [0.1, 0.15) is 11.4 Å². The van der Waals surface area contributed by atoms with Crippen LogP contribution in [0.2, 0.25) is 0 Å². The van der Waals surface area contributed by atoms with Crippen LogP contribution in [-0.2, 0) is 22.5 Å². The zero-order valence-corrected chi connectivity index (χ0v) is 18.7. The van der Waals surface area contributed by atoms with Gasteiger partial charge in [0.25, 0.3) is 5.56 Å². The molecule has 166 valence electrons. The van der Waals surface area contributed by atoms with Crippen molar-refractivity contribution in [1.29, 1.82) is 0 Å². The molecule has 0 aliphatic carbocycles. The van der Waals surface area contributed by atoms with Gasteiger partial charge in [-0.05, 0) is 31.7 Å². The Bertz CT molecular complexity index is 981. The van der Waals surface area contributed by atoms with E-state index in [9.17, 15) is 22.8 Å². The number of nitrogens with zero attached hydrogens (tertiary/aromatic N) is 3. The third-order valence-corrected chi connectivity index (χ3v) is 7.01. The molecule has 0 aromatic carbocycles. The summed E-state index contributed by atoms with van der Waals surface area (Å²) >= 11 is 2.41. The largest absolute Gasteiger partial charge is 0.406 e. The van der Waals surface area contributed by atoms with E-state index >= 15 is 0 Å². The first-order valence-electron chi connectivity index (χ1n) is 9.68. The maximum atomic E-state index is 13.3. The number of rotatable bonds is 7. The summed E-state index contributed by atoms with van der Waals surface area (Å²) in [6.45, 7) is 3.56. The average molecular weight is 464 g/mol. The zero-order valence-electron chi connectivity index (χ0n) is 17.0. The minimum Gasteiger partial charge on any atom is -0.376 e. The Labute approximate surface area is 180 Å². The quantitative estimate of drug-likeness (QED) is 0.464. The van der Waals surface area contributed by atoms with Crippen LogP contribution in [0.5, 0.6) is 0 Å². The minimum absolute atomic E-state index is 0.116. The average Bonchev–Trinajstić information content (AvgIpc) is 3.27. The van der Waals surface area contributed by atoms with Gasteiger partial charge < -0.3 is 9.64 Å². The zero-order chi connectivity index (χ0) is 22.1. The third-order valence-electron chi connectivity index (χ3n) is 5.01. The van der Waals surface area contributed by atoms with Gasteiger partial charge in [0.15, 0.2) is 5.16 Å². The van der Waals surface area contributed by atoms with Crippen LogP contribution in [0.25, 0.3) is 10.2 Å². The summed E-state index contributed by atoms with van der Waals surface area (Å²) in [5, 5.41) is 0.920. The number of hydrogen-bond acceptors (Lipinski definition) is 6. The van der Waals surface area contributed by atoms with Gasteiger partial charge in [-0.15, -0.1) is 11.3 Å². The number of aryl methyl sites for hydroxylation is 2. The van der Waals surface area contributed by atoms with Crippen molar-refractivity contribution >= 4 is 39.2 Å². The predicted octanol–water partition coefficient (Wildman–Crippen LogP) is 3.62. The van der Waals surface area contributed by atoms with Gasteiger partial charge in [0.05, 0.1) is 23.8 Å². The van der Waals surface area contributed by atoms with Crippen molar-refractivity contribution in [3.8, 4) is 0 Å². The van der Waals surface area contributed by atoms with Crippen LogP contribution in [0.15, 0.2) is 9.95 Å². The van der Waals surface area contributed by atoms with Crippen molar-refractivity contribution in [2.45, 2.75) is 57.1 Å². The fraction of sp³-hybridized carbons (Fsp3) is 0.632. The van der Waals surface area contributed by atoms with Gasteiger partial charge in [-0.2, -0.15) is 13.2 Å². The molecule has 0 radical (unpaired) electrons. The van der Waals surface area contributed by atoms with Crippen LogP contribution in [0, 0.1) is 6.92 Å². The monoisotopic (exact) mass is 463 g/mol. The number of hydrogen-bond donors (Lipinski definition) is 0. The predicted molar refractivity (Wildman–Crippen MR) is 111 cm³/mol. The second-order valence-electron chi connectivity index (χ2n) is 7.27. The van der Waals surface area contributed by atoms with E-state index in [1.165, 1.54) is 15.9 Å². The Morgan fingerprint density at radius 2 is 2.17 bits per heavy atom. The highest BCUT2D eigenvalue weighted by Gasteiger charge is 2.31. The molecule has 0 spiro atoms. The van der Waals surface area contributed by atoms with Gasteiger partial charge >= 0.3 is 6.18 Å². The van der Waals surface area contributed by atoms with Crippen molar-refractivity contribution in [2.24, 2.45) is 0 Å². The van der Waals surface area contributed by atoms with Crippen molar-refractivity contribution < 1.29 is 22.7 Å². The molecule has 0 bridgehead atoms. The summed E-state index contributed by atoms with van der Waals surface area (Å²) < 4.78 is 44.8. The lowest BCUT2D eigenvalue weighted by molar-refractivity contribution is -0.156. The first-order valence-corrected chi connectivity index (χ1v) is 11.5. The molecule has 0 N–H and O–H groups in total. The Kier molecular flexibility index (Phi) is 7.13. The van der Waals surface area contributed by atoms with Gasteiger partial charge in [0.2, 0.25) is 5.91 Å². The SMILES string of the molecule is CCc1c(C)sc2nc(SCC(=O)N(C)CC(F)(F)F)n(CC3CCCO3)c(=O)c12. The van der Waals surface area contributed by atoms with Crippen LogP contribution in [0.4, 0.5) is 13.2 Å². The molecule has 2 aromatic heterocycles. The first-order chi connectivity index (χ1) is 14.1. The van der Waals surface area contributed by atoms with Crippen molar-refractivity contribution in [1.82, 2.24) is 14.5 Å². The summed E-state index contributed by atoms with van der Waals surface area (Å²) in [6, 6.07) is 0. The Morgan fingerprint density at radius 3 is 2.77 bits per heavy atom. The standard InChI is InChI=1S/C19H24F3N3O3S2/c1-4-13-11(2)30-16-15(13)17(27)25(8-12-6-5-7-28-12)18(23-16)29-9-14(26)24(3)10-19(20,21)22/h12H,4-10H2,1-3H3. The van der Waals surface area contributed by atoms with E-state index < -0.39 is 18.6 Å². The lowest BCUT2D eigenvalue weighted by Crippen LogP contribution is -2.37. The second kappa shape index (κ2) is 9.27. The summed E-state index contributed by atoms with van der Waals surface area (Å²) in [5.74, 6) is -0.909. The molecule has 0 saturated carbocycles. The molecule has 2 aromatic rings. The summed E-state index contributed by atoms with van der Waals surface area (Å²) in [6.07, 6.45) is -2.13. The minimum atomic E-state index is -4.46. The number of aromatic nitrogens is 2. The number of amides is 1. The van der Waals surface area contributed by atoms with Gasteiger partial charge in [-0.1, -0.05) is 18.7 Å². The lowest BCUT2D eigenvalue weighted by atomic mass is 10.1. The number of thioether (sulfide) groups is 1. The number of ether oxygens (including phenoxy) is 1. The topological polar surface area (TPSA) is 64.4 Å². The van der Waals surface area contributed by atoms with E-state index in [-0.39, 0.29) is 17.4 Å². The number of halogens is 3. The highest BCUT2D eigenvalue weighted by molar-refractivity contribution is 7.99. The molecular weight excluding hydrogens is 439 g/mol. The summed E-state index contributed by atoms with van der Waals surface area (Å²) in [7, 11) is 1.11. The molecule has 3 heterocycles. The van der Waals surface area contributed by atoms with Crippen molar-refractivity contribution in [2.75, 3.05) is 26.0 Å². The molecule has 1 fully saturated rings. The van der Waals surface area contributed by atoms with Crippen LogP contribution in [-0.4, -0.2) is 58.6 Å². The lowest BCUT2D eigenvalue weighted by Gasteiger charge is -2.19. The number of carbonyl (C=O) groups excluding carboxylic acids is 1. The molecule has 1 aliphatic rings. The van der Waals surface area contributed by atoms with Gasteiger partial charge in [-0.3, -0.25) is 14.2 Å². The molecule has 1 unspecified atom stereocenters. The van der Waals surface area contributed by atoms with E-state index in [1.54, 1.807) is 0 Å². The van der Waals surface area contributed by atoms with E-state index in [1.807, 2.05) is 13.8 Å². The number of thiophene rings is 1. The normalized spacial score (nSPS) is 17.1. The van der Waals surface area contributed by atoms with E-state index in [4.69, 9.17) is 4.74 Å². The van der Waals surface area contributed by atoms with Crippen LogP contribution in [0.1, 0.15) is 30.2 Å². The molecule has 6 nitrogen and oxygen atoms in total. The van der Waals surface area contributed by atoms with Crippen LogP contribution in [0.3, 0.4) is 0 Å². The molecule has 1 atom stereocenters. The third kappa shape index (κ3) is 5.17. The van der Waals surface area contributed by atoms with Crippen LogP contribution >= 0.6 is 23.1 Å².